The van der Waals surface area contributed by atoms with E-state index in [1.807, 2.05) is 0 Å². The van der Waals surface area contributed by atoms with E-state index in [4.69, 9.17) is 21.9 Å². The first kappa shape index (κ1) is 12.8. The highest BCUT2D eigenvalue weighted by Gasteiger charge is 2.20. The van der Waals surface area contributed by atoms with E-state index in [1.165, 1.54) is 6.07 Å². The predicted molar refractivity (Wildman–Crippen MR) is 63.3 cm³/mol. The van der Waals surface area contributed by atoms with E-state index in [2.05, 4.69) is 0 Å². The van der Waals surface area contributed by atoms with Gasteiger partial charge in [-0.25, -0.2) is 0 Å². The van der Waals surface area contributed by atoms with Gasteiger partial charge in [-0.15, -0.1) is 0 Å². The fourth-order valence-electron chi connectivity index (χ4n) is 1.37. The second-order valence-corrected chi connectivity index (χ2v) is 3.51. The zero-order valence-electron chi connectivity index (χ0n) is 9.47. The van der Waals surface area contributed by atoms with Crippen LogP contribution in [0.25, 0.3) is 0 Å². The van der Waals surface area contributed by atoms with Crippen LogP contribution in [0, 0.1) is 0 Å². The van der Waals surface area contributed by atoms with Gasteiger partial charge in [-0.3, -0.25) is 9.59 Å². The van der Waals surface area contributed by atoms with Gasteiger partial charge in [0.25, 0.3) is 11.8 Å². The van der Waals surface area contributed by atoms with E-state index in [0.717, 1.165) is 0 Å². The second-order valence-electron chi connectivity index (χ2n) is 3.51. The second kappa shape index (κ2) is 5.20. The summed E-state index contributed by atoms with van der Waals surface area (Å²) in [7, 11) is 0. The van der Waals surface area contributed by atoms with Crippen molar-refractivity contribution in [1.82, 2.24) is 0 Å². The molecule has 6 heteroatoms. The molecule has 0 aliphatic heterocycles. The van der Waals surface area contributed by atoms with Gasteiger partial charge in [0.15, 0.2) is 11.9 Å². The molecular formula is C11H15N3O3. The van der Waals surface area contributed by atoms with Crippen LogP contribution in [0.4, 0.5) is 5.69 Å². The molecule has 0 heterocycles. The number of para-hydroxylation sites is 1. The number of benzene rings is 1. The molecule has 0 aliphatic carbocycles. The normalized spacial score (nSPS) is 11.8. The van der Waals surface area contributed by atoms with Gasteiger partial charge in [-0.05, 0) is 18.6 Å². The highest BCUT2D eigenvalue weighted by molar-refractivity contribution is 5.97. The summed E-state index contributed by atoms with van der Waals surface area (Å²) in [5.41, 5.74) is 16.4. The molecule has 1 atom stereocenters. The van der Waals surface area contributed by atoms with Crippen LogP contribution in [0.5, 0.6) is 5.75 Å². The Labute approximate surface area is 98.7 Å². The predicted octanol–water partition coefficient (Wildman–Crippen LogP) is 0.0104. The third kappa shape index (κ3) is 2.87. The quantitative estimate of drug-likeness (QED) is 0.624. The van der Waals surface area contributed by atoms with Crippen molar-refractivity contribution >= 4 is 17.5 Å². The van der Waals surface area contributed by atoms with Crippen LogP contribution in [0.15, 0.2) is 18.2 Å². The smallest absolute Gasteiger partial charge is 0.258 e. The molecule has 0 fully saturated rings. The number of anilines is 1. The standard InChI is InChI=1S/C11H15N3O3/c1-2-8(11(14)16)17-9-6(10(13)15)4-3-5-7(9)12/h3-5,8H,2,12H2,1H3,(H2,13,15)(H2,14,16). The van der Waals surface area contributed by atoms with Crippen LogP contribution in [-0.2, 0) is 4.79 Å². The third-order valence-electron chi connectivity index (χ3n) is 2.26. The fourth-order valence-corrected chi connectivity index (χ4v) is 1.37. The van der Waals surface area contributed by atoms with Gasteiger partial charge in [0.1, 0.15) is 0 Å². The first-order valence-corrected chi connectivity index (χ1v) is 5.11. The number of carbonyl (C=O) groups is 2. The first-order chi connectivity index (χ1) is 7.97. The fraction of sp³-hybridized carbons (Fsp3) is 0.273. The Morgan fingerprint density at radius 2 is 2.00 bits per heavy atom. The first-order valence-electron chi connectivity index (χ1n) is 5.11. The highest BCUT2D eigenvalue weighted by atomic mass is 16.5. The Balaban J connectivity index is 3.12. The van der Waals surface area contributed by atoms with Gasteiger partial charge >= 0.3 is 0 Å². The van der Waals surface area contributed by atoms with E-state index in [9.17, 15) is 9.59 Å². The summed E-state index contributed by atoms with van der Waals surface area (Å²) >= 11 is 0. The minimum Gasteiger partial charge on any atom is -0.478 e. The number of hydrogen-bond donors (Lipinski definition) is 3. The van der Waals surface area contributed by atoms with E-state index < -0.39 is 17.9 Å². The van der Waals surface area contributed by atoms with E-state index in [0.29, 0.717) is 6.42 Å². The molecule has 0 aromatic heterocycles. The van der Waals surface area contributed by atoms with Crippen LogP contribution in [0.1, 0.15) is 23.7 Å². The molecule has 1 rings (SSSR count). The Kier molecular flexibility index (Phi) is 3.92. The van der Waals surface area contributed by atoms with Crippen molar-refractivity contribution in [2.45, 2.75) is 19.4 Å². The zero-order chi connectivity index (χ0) is 13.0. The Morgan fingerprint density at radius 3 is 2.47 bits per heavy atom. The third-order valence-corrected chi connectivity index (χ3v) is 2.26. The maximum absolute atomic E-state index is 11.2. The van der Waals surface area contributed by atoms with Crippen molar-refractivity contribution < 1.29 is 14.3 Å². The van der Waals surface area contributed by atoms with E-state index >= 15 is 0 Å². The van der Waals surface area contributed by atoms with Gasteiger partial charge in [-0.2, -0.15) is 0 Å². The van der Waals surface area contributed by atoms with Gasteiger partial charge in [0, 0.05) is 0 Å². The molecule has 0 spiro atoms. The zero-order valence-corrected chi connectivity index (χ0v) is 9.47. The molecule has 0 aliphatic rings. The average Bonchev–Trinajstić information content (AvgIpc) is 2.26. The van der Waals surface area contributed by atoms with Crippen molar-refractivity contribution in [3.05, 3.63) is 23.8 Å². The minimum absolute atomic E-state index is 0.102. The number of amides is 2. The van der Waals surface area contributed by atoms with Gasteiger partial charge in [0.05, 0.1) is 11.3 Å². The lowest BCUT2D eigenvalue weighted by molar-refractivity contribution is -0.124. The van der Waals surface area contributed by atoms with Crippen LogP contribution in [-0.4, -0.2) is 17.9 Å². The summed E-state index contributed by atoms with van der Waals surface area (Å²) in [4.78, 5) is 22.3. The SMILES string of the molecule is CCC(Oc1c(N)cccc1C(N)=O)C(N)=O. The summed E-state index contributed by atoms with van der Waals surface area (Å²) in [5.74, 6) is -1.19. The molecule has 6 N–H and O–H groups in total. The van der Waals surface area contributed by atoms with Gasteiger partial charge in [-0.1, -0.05) is 13.0 Å². The molecule has 6 nitrogen and oxygen atoms in total. The number of ether oxygens (including phenoxy) is 1. The van der Waals surface area contributed by atoms with E-state index in [-0.39, 0.29) is 17.0 Å². The summed E-state index contributed by atoms with van der Waals surface area (Å²) < 4.78 is 5.35. The van der Waals surface area contributed by atoms with Crippen molar-refractivity contribution in [2.24, 2.45) is 11.5 Å². The Hall–Kier alpha value is -2.24. The number of hydrogen-bond acceptors (Lipinski definition) is 4. The van der Waals surface area contributed by atoms with Crippen molar-refractivity contribution in [3.63, 3.8) is 0 Å². The molecule has 1 aromatic carbocycles. The summed E-state index contributed by atoms with van der Waals surface area (Å²) in [6, 6.07) is 4.60. The molecule has 0 saturated heterocycles. The minimum atomic E-state index is -0.835. The molecule has 1 aromatic rings. The summed E-state index contributed by atoms with van der Waals surface area (Å²) in [5, 5.41) is 0. The highest BCUT2D eigenvalue weighted by Crippen LogP contribution is 2.27. The van der Waals surface area contributed by atoms with Crippen LogP contribution in [0.2, 0.25) is 0 Å². The lowest BCUT2D eigenvalue weighted by atomic mass is 10.1. The Bertz CT molecular complexity index is 446. The maximum Gasteiger partial charge on any atom is 0.258 e. The monoisotopic (exact) mass is 237 g/mol. The summed E-state index contributed by atoms with van der Waals surface area (Å²) in [6.45, 7) is 1.73. The largest absolute Gasteiger partial charge is 0.478 e. The number of nitrogens with two attached hydrogens (primary N) is 3. The van der Waals surface area contributed by atoms with Crippen molar-refractivity contribution in [2.75, 3.05) is 5.73 Å². The lowest BCUT2D eigenvalue weighted by Gasteiger charge is -2.17. The van der Waals surface area contributed by atoms with Crippen LogP contribution < -0.4 is 21.9 Å². The number of carbonyl (C=O) groups excluding carboxylic acids is 2. The van der Waals surface area contributed by atoms with Crippen LogP contribution >= 0.6 is 0 Å². The van der Waals surface area contributed by atoms with Crippen LogP contribution in [0.3, 0.4) is 0 Å². The number of primary amides is 2. The molecule has 0 bridgehead atoms. The molecule has 17 heavy (non-hydrogen) atoms. The average molecular weight is 237 g/mol. The molecule has 2 amide bonds. The topological polar surface area (TPSA) is 121 Å². The maximum atomic E-state index is 11.2. The number of rotatable bonds is 5. The Morgan fingerprint density at radius 1 is 1.35 bits per heavy atom. The number of nitrogen functional groups attached to an aromatic ring is 1. The van der Waals surface area contributed by atoms with Crippen molar-refractivity contribution in [3.8, 4) is 5.75 Å². The molecular weight excluding hydrogens is 222 g/mol. The molecule has 1 unspecified atom stereocenters. The molecule has 0 radical (unpaired) electrons. The van der Waals surface area contributed by atoms with Crippen molar-refractivity contribution in [1.29, 1.82) is 0 Å². The van der Waals surface area contributed by atoms with Gasteiger partial charge in [0.2, 0.25) is 0 Å². The molecule has 92 valence electrons. The molecule has 0 saturated carbocycles. The summed E-state index contributed by atoms with van der Waals surface area (Å²) in [6.07, 6.45) is -0.459. The lowest BCUT2D eigenvalue weighted by Crippen LogP contribution is -2.33. The van der Waals surface area contributed by atoms with E-state index in [1.54, 1.807) is 19.1 Å². The van der Waals surface area contributed by atoms with Gasteiger partial charge < -0.3 is 21.9 Å².